The van der Waals surface area contributed by atoms with Crippen LogP contribution >= 0.6 is 0 Å². The Morgan fingerprint density at radius 3 is 2.16 bits per heavy atom. The highest BCUT2D eigenvalue weighted by Gasteiger charge is 2.10. The number of carbonyl (C=O) groups is 2. The van der Waals surface area contributed by atoms with Crippen molar-refractivity contribution in [1.29, 1.82) is 0 Å². The van der Waals surface area contributed by atoms with Crippen LogP contribution in [0.3, 0.4) is 0 Å². The predicted octanol–water partition coefficient (Wildman–Crippen LogP) is 2.63. The molecule has 2 amide bonds. The fourth-order valence-corrected chi connectivity index (χ4v) is 2.12. The molecule has 2 rings (SSSR count). The average Bonchev–Trinajstić information content (AvgIpc) is 2.65. The largest absolute Gasteiger partial charge is 0.355 e. The number of hydrogen-bond acceptors (Lipinski definition) is 3. The van der Waals surface area contributed by atoms with Crippen LogP contribution in [0.2, 0.25) is 0 Å². The van der Waals surface area contributed by atoms with E-state index in [0.29, 0.717) is 11.1 Å². The van der Waals surface area contributed by atoms with Gasteiger partial charge in [0, 0.05) is 18.7 Å². The van der Waals surface area contributed by atoms with Crippen LogP contribution in [0.4, 0.5) is 4.39 Å². The van der Waals surface area contributed by atoms with E-state index in [1.807, 2.05) is 0 Å². The maximum absolute atomic E-state index is 13.1. The molecule has 0 aliphatic rings. The second-order valence-electron chi connectivity index (χ2n) is 5.12. The van der Waals surface area contributed by atoms with Gasteiger partial charge in [0.05, 0.1) is 0 Å². The Hall–Kier alpha value is -3.25. The van der Waals surface area contributed by atoms with Gasteiger partial charge in [-0.3, -0.25) is 14.8 Å². The van der Waals surface area contributed by atoms with E-state index in [9.17, 15) is 14.0 Å². The summed E-state index contributed by atoms with van der Waals surface area (Å²) >= 11 is 0. The van der Waals surface area contributed by atoms with E-state index >= 15 is 0 Å². The second-order valence-corrected chi connectivity index (χ2v) is 5.12. The van der Waals surface area contributed by atoms with Crippen molar-refractivity contribution < 1.29 is 19.2 Å². The number of halogens is 1. The molecule has 0 bridgehead atoms. The van der Waals surface area contributed by atoms with Gasteiger partial charge in [0.2, 0.25) is 0 Å². The van der Waals surface area contributed by atoms with Crippen molar-refractivity contribution in [3.05, 3.63) is 77.1 Å². The topological polar surface area (TPSA) is 78.4 Å². The van der Waals surface area contributed by atoms with Crippen molar-refractivity contribution >= 4 is 29.5 Å². The first kappa shape index (κ1) is 18.1. The van der Waals surface area contributed by atoms with Crippen molar-refractivity contribution in [2.75, 3.05) is 7.05 Å². The molecule has 0 aliphatic heterocycles. The maximum Gasteiger partial charge on any atom is 0.267 e. The monoisotopic (exact) mass is 340 g/mol. The Balaban J connectivity index is 2.30. The highest BCUT2D eigenvalue weighted by molar-refractivity contribution is 6.24. The molecule has 0 heterocycles. The maximum atomic E-state index is 13.1. The molecule has 2 aromatic carbocycles. The van der Waals surface area contributed by atoms with E-state index in [2.05, 4.69) is 5.32 Å². The van der Waals surface area contributed by atoms with Gasteiger partial charge in [-0.15, -0.1) is 0 Å². The van der Waals surface area contributed by atoms with Gasteiger partial charge in [-0.1, -0.05) is 36.4 Å². The van der Waals surface area contributed by atoms with Crippen LogP contribution in [0.1, 0.15) is 16.7 Å². The van der Waals surface area contributed by atoms with Gasteiger partial charge in [0.1, 0.15) is 5.82 Å². The summed E-state index contributed by atoms with van der Waals surface area (Å²) in [6.07, 6.45) is 4.43. The molecule has 0 fully saturated rings. The number of nitrogens with one attached hydrogen (secondary N) is 2. The van der Waals surface area contributed by atoms with E-state index < -0.39 is 5.91 Å². The van der Waals surface area contributed by atoms with E-state index in [1.165, 1.54) is 30.7 Å². The molecule has 0 radical (unpaired) electrons. The molecule has 3 N–H and O–H groups in total. The van der Waals surface area contributed by atoms with Crippen LogP contribution in [0.15, 0.2) is 54.6 Å². The van der Waals surface area contributed by atoms with Crippen LogP contribution in [0.25, 0.3) is 17.7 Å². The van der Waals surface area contributed by atoms with Gasteiger partial charge >= 0.3 is 0 Å². The third-order valence-corrected chi connectivity index (χ3v) is 3.41. The molecular weight excluding hydrogens is 323 g/mol. The lowest BCUT2D eigenvalue weighted by Gasteiger charge is -2.07. The summed E-state index contributed by atoms with van der Waals surface area (Å²) in [4.78, 5) is 23.1. The van der Waals surface area contributed by atoms with Crippen LogP contribution in [0.5, 0.6) is 0 Å². The second kappa shape index (κ2) is 8.56. The molecule has 128 valence electrons. The SMILES string of the molecule is CNC(=O)C(=Cc1ccc(/C=C/C(=O)NO)cc1)c1ccc(F)cc1. The summed E-state index contributed by atoms with van der Waals surface area (Å²) in [6.45, 7) is 0. The van der Waals surface area contributed by atoms with Crippen molar-refractivity contribution in [3.8, 4) is 0 Å². The number of rotatable bonds is 5. The van der Waals surface area contributed by atoms with Crippen molar-refractivity contribution in [2.24, 2.45) is 0 Å². The van der Waals surface area contributed by atoms with Gasteiger partial charge < -0.3 is 5.32 Å². The quantitative estimate of drug-likeness (QED) is 0.339. The minimum Gasteiger partial charge on any atom is -0.355 e. The van der Waals surface area contributed by atoms with Crippen molar-refractivity contribution in [2.45, 2.75) is 0 Å². The molecule has 2 aromatic rings. The molecule has 0 aromatic heterocycles. The molecule has 6 heteroatoms. The van der Waals surface area contributed by atoms with Gasteiger partial charge in [-0.25, -0.2) is 9.87 Å². The summed E-state index contributed by atoms with van der Waals surface area (Å²) in [5, 5.41) is 11.0. The summed E-state index contributed by atoms with van der Waals surface area (Å²) in [5.41, 5.74) is 4.04. The van der Waals surface area contributed by atoms with Crippen LogP contribution in [-0.4, -0.2) is 24.1 Å². The molecule has 0 unspecified atom stereocenters. The van der Waals surface area contributed by atoms with Crippen molar-refractivity contribution in [3.63, 3.8) is 0 Å². The van der Waals surface area contributed by atoms with Gasteiger partial charge in [0.25, 0.3) is 11.8 Å². The van der Waals surface area contributed by atoms with Crippen molar-refractivity contribution in [1.82, 2.24) is 10.8 Å². The highest BCUT2D eigenvalue weighted by atomic mass is 19.1. The fourth-order valence-electron chi connectivity index (χ4n) is 2.12. The molecule has 0 aliphatic carbocycles. The Morgan fingerprint density at radius 1 is 1.00 bits per heavy atom. The zero-order chi connectivity index (χ0) is 18.2. The number of likely N-dealkylation sites (N-methyl/N-ethyl adjacent to an activating group) is 1. The Labute approximate surface area is 144 Å². The Kier molecular flexibility index (Phi) is 6.20. The molecular formula is C19H17FN2O3. The minimum absolute atomic E-state index is 0.282. The number of hydroxylamine groups is 1. The Bertz CT molecular complexity index is 810. The predicted molar refractivity (Wildman–Crippen MR) is 93.7 cm³/mol. The number of benzene rings is 2. The lowest BCUT2D eigenvalue weighted by Crippen LogP contribution is -2.19. The zero-order valence-corrected chi connectivity index (χ0v) is 13.5. The summed E-state index contributed by atoms with van der Waals surface area (Å²) in [6, 6.07) is 12.8. The van der Waals surface area contributed by atoms with Gasteiger partial charge in [-0.05, 0) is 41.0 Å². The van der Waals surface area contributed by atoms with Crippen LogP contribution < -0.4 is 10.8 Å². The first-order chi connectivity index (χ1) is 12.0. The number of hydrogen-bond donors (Lipinski definition) is 3. The normalized spacial score (nSPS) is 11.4. The summed E-state index contributed by atoms with van der Waals surface area (Å²) in [5.74, 6) is -1.28. The van der Waals surface area contributed by atoms with Gasteiger partial charge in [-0.2, -0.15) is 0 Å². The van der Waals surface area contributed by atoms with E-state index in [4.69, 9.17) is 5.21 Å². The molecule has 0 spiro atoms. The van der Waals surface area contributed by atoms with E-state index in [0.717, 1.165) is 11.1 Å². The number of carbonyl (C=O) groups excluding carboxylic acids is 2. The molecule has 5 nitrogen and oxygen atoms in total. The fraction of sp³-hybridized carbons (Fsp3) is 0.0526. The first-order valence-electron chi connectivity index (χ1n) is 7.45. The molecule has 25 heavy (non-hydrogen) atoms. The van der Waals surface area contributed by atoms with E-state index in [1.54, 1.807) is 48.6 Å². The minimum atomic E-state index is -0.623. The third-order valence-electron chi connectivity index (χ3n) is 3.41. The summed E-state index contributed by atoms with van der Waals surface area (Å²) in [7, 11) is 1.53. The average molecular weight is 340 g/mol. The van der Waals surface area contributed by atoms with E-state index in [-0.39, 0.29) is 11.7 Å². The molecule has 0 atom stereocenters. The highest BCUT2D eigenvalue weighted by Crippen LogP contribution is 2.19. The van der Waals surface area contributed by atoms with Gasteiger partial charge in [0.15, 0.2) is 0 Å². The summed E-state index contributed by atoms with van der Waals surface area (Å²) < 4.78 is 13.1. The van der Waals surface area contributed by atoms with Crippen LogP contribution in [0, 0.1) is 5.82 Å². The standard InChI is InChI=1S/C19H17FN2O3/c1-21-19(24)17(15-7-9-16(20)10-8-15)12-14-4-2-13(3-5-14)6-11-18(23)22-25/h2-12,25H,1H3,(H,21,24)(H,22,23)/b11-6+,17-12?. The smallest absolute Gasteiger partial charge is 0.267 e. The lowest BCUT2D eigenvalue weighted by molar-refractivity contribution is -0.124. The zero-order valence-electron chi connectivity index (χ0n) is 13.5. The first-order valence-corrected chi connectivity index (χ1v) is 7.45. The molecule has 0 saturated heterocycles. The lowest BCUT2D eigenvalue weighted by atomic mass is 10.0. The Morgan fingerprint density at radius 2 is 1.60 bits per heavy atom. The number of amides is 2. The van der Waals surface area contributed by atoms with Crippen LogP contribution in [-0.2, 0) is 9.59 Å². The third kappa shape index (κ3) is 5.12. The molecule has 0 saturated carbocycles.